The van der Waals surface area contributed by atoms with Gasteiger partial charge in [0.25, 0.3) is 0 Å². The van der Waals surface area contributed by atoms with Crippen molar-refractivity contribution in [2.45, 2.75) is 6.04 Å². The van der Waals surface area contributed by atoms with Gasteiger partial charge in [0, 0.05) is 14.5 Å². The quantitative estimate of drug-likeness (QED) is 0.632. The molecule has 1 atom stereocenters. The summed E-state index contributed by atoms with van der Waals surface area (Å²) in [7, 11) is 0. The molecule has 2 aromatic carbocycles. The van der Waals surface area contributed by atoms with Crippen LogP contribution in [-0.4, -0.2) is 0 Å². The molecule has 0 amide bonds. The third kappa shape index (κ3) is 2.80. The number of hydrazine groups is 1. The minimum absolute atomic E-state index is 0.282. The minimum atomic E-state index is -0.395. The first-order chi connectivity index (χ1) is 8.63. The largest absolute Gasteiger partial charge is 0.271 e. The molecule has 2 nitrogen and oxygen atoms in total. The lowest BCUT2D eigenvalue weighted by molar-refractivity contribution is 0.559. The van der Waals surface area contributed by atoms with Gasteiger partial charge in [-0.2, -0.15) is 0 Å². The van der Waals surface area contributed by atoms with Gasteiger partial charge in [-0.05, 0) is 23.8 Å². The molecule has 0 aliphatic carbocycles. The van der Waals surface area contributed by atoms with Gasteiger partial charge in [-0.3, -0.25) is 5.84 Å². The second-order valence-corrected chi connectivity index (χ2v) is 5.56. The molecular weight excluding hydrogens is 363 g/mol. The summed E-state index contributed by atoms with van der Waals surface area (Å²) < 4.78 is 15.6. The zero-order valence-corrected chi connectivity index (χ0v) is 12.5. The fraction of sp³-hybridized carbons (Fsp3) is 0.0769. The first-order valence-electron chi connectivity index (χ1n) is 5.29. The van der Waals surface area contributed by atoms with Crippen LogP contribution < -0.4 is 11.3 Å². The first-order valence-corrected chi connectivity index (χ1v) is 6.87. The molecule has 3 N–H and O–H groups in total. The second-order valence-electron chi connectivity index (χ2n) is 3.79. The fourth-order valence-electron chi connectivity index (χ4n) is 1.79. The van der Waals surface area contributed by atoms with E-state index in [-0.39, 0.29) is 5.82 Å². The number of hydrogen-bond donors (Lipinski definition) is 2. The maximum Gasteiger partial charge on any atom is 0.128 e. The summed E-state index contributed by atoms with van der Waals surface area (Å²) in [5, 5.41) is 0. The number of nitrogens with two attached hydrogens (primary N) is 1. The molecule has 0 radical (unpaired) electrons. The molecule has 0 bridgehead atoms. The smallest absolute Gasteiger partial charge is 0.128 e. The van der Waals surface area contributed by atoms with Gasteiger partial charge in [0.2, 0.25) is 0 Å². The highest BCUT2D eigenvalue weighted by Crippen LogP contribution is 2.31. The normalized spacial score (nSPS) is 12.4. The highest BCUT2D eigenvalue weighted by Gasteiger charge is 2.18. The highest BCUT2D eigenvalue weighted by atomic mass is 79.9. The molecule has 0 saturated carbocycles. The van der Waals surface area contributed by atoms with Crippen LogP contribution in [0.1, 0.15) is 17.2 Å². The molecule has 0 aliphatic heterocycles. The lowest BCUT2D eigenvalue weighted by Gasteiger charge is -2.19. The van der Waals surface area contributed by atoms with E-state index in [1.165, 1.54) is 6.07 Å². The van der Waals surface area contributed by atoms with Gasteiger partial charge in [0.1, 0.15) is 5.82 Å². The summed E-state index contributed by atoms with van der Waals surface area (Å²) in [5.74, 6) is 5.28. The van der Waals surface area contributed by atoms with E-state index >= 15 is 0 Å². The topological polar surface area (TPSA) is 38.0 Å². The molecule has 94 valence electrons. The Bertz CT molecular complexity index is 560. The molecule has 5 heteroatoms. The van der Waals surface area contributed by atoms with Gasteiger partial charge >= 0.3 is 0 Å². The Morgan fingerprint density at radius 2 is 1.78 bits per heavy atom. The van der Waals surface area contributed by atoms with Crippen molar-refractivity contribution >= 4 is 31.9 Å². The Morgan fingerprint density at radius 1 is 1.06 bits per heavy atom. The van der Waals surface area contributed by atoms with Crippen LogP contribution in [0.4, 0.5) is 4.39 Å². The molecule has 0 saturated heterocycles. The van der Waals surface area contributed by atoms with Crippen LogP contribution in [0.5, 0.6) is 0 Å². The summed E-state index contributed by atoms with van der Waals surface area (Å²) in [4.78, 5) is 0. The third-order valence-electron chi connectivity index (χ3n) is 2.66. The summed E-state index contributed by atoms with van der Waals surface area (Å²) in [6.07, 6.45) is 0. The number of benzene rings is 2. The van der Waals surface area contributed by atoms with E-state index in [1.807, 2.05) is 18.2 Å². The number of halogens is 3. The Balaban J connectivity index is 2.49. The predicted octanol–water partition coefficient (Wildman–Crippen LogP) is 3.90. The molecule has 18 heavy (non-hydrogen) atoms. The molecule has 0 aromatic heterocycles. The van der Waals surface area contributed by atoms with Crippen LogP contribution >= 0.6 is 31.9 Å². The zero-order chi connectivity index (χ0) is 13.1. The van der Waals surface area contributed by atoms with Crippen LogP contribution in [0.2, 0.25) is 0 Å². The van der Waals surface area contributed by atoms with Crippen molar-refractivity contribution in [3.63, 3.8) is 0 Å². The molecular formula is C13H11Br2FN2. The number of rotatable bonds is 3. The summed E-state index contributed by atoms with van der Waals surface area (Å²) in [6, 6.07) is 11.9. The lowest BCUT2D eigenvalue weighted by Crippen LogP contribution is -2.29. The van der Waals surface area contributed by atoms with Crippen LogP contribution in [-0.2, 0) is 0 Å². The molecule has 0 aliphatic rings. The second kappa shape index (κ2) is 5.93. The maximum absolute atomic E-state index is 13.8. The molecule has 0 spiro atoms. The van der Waals surface area contributed by atoms with Gasteiger partial charge in [0.05, 0.1) is 6.04 Å². The minimum Gasteiger partial charge on any atom is -0.271 e. The predicted molar refractivity (Wildman–Crippen MR) is 77.4 cm³/mol. The van der Waals surface area contributed by atoms with Gasteiger partial charge in [-0.15, -0.1) is 0 Å². The third-order valence-corrected chi connectivity index (χ3v) is 3.84. The maximum atomic E-state index is 13.8. The van der Waals surface area contributed by atoms with Crippen molar-refractivity contribution in [3.05, 3.63) is 68.4 Å². The molecule has 1 unspecified atom stereocenters. The summed E-state index contributed by atoms with van der Waals surface area (Å²) in [6.45, 7) is 0. The molecule has 0 fully saturated rings. The Labute approximate surface area is 122 Å². The van der Waals surface area contributed by atoms with E-state index in [2.05, 4.69) is 37.3 Å². The van der Waals surface area contributed by atoms with Crippen molar-refractivity contribution in [3.8, 4) is 0 Å². The van der Waals surface area contributed by atoms with E-state index in [1.54, 1.807) is 18.2 Å². The number of hydrogen-bond acceptors (Lipinski definition) is 2. The monoisotopic (exact) mass is 372 g/mol. The molecule has 2 aromatic rings. The van der Waals surface area contributed by atoms with Crippen LogP contribution in [0.3, 0.4) is 0 Å². The molecule has 0 heterocycles. The Kier molecular flexibility index (Phi) is 4.50. The van der Waals surface area contributed by atoms with Gasteiger partial charge in [-0.1, -0.05) is 56.1 Å². The number of nitrogens with one attached hydrogen (secondary N) is 1. The van der Waals surface area contributed by atoms with E-state index in [4.69, 9.17) is 5.84 Å². The first kappa shape index (κ1) is 13.7. The van der Waals surface area contributed by atoms with Crippen LogP contribution in [0.15, 0.2) is 51.4 Å². The van der Waals surface area contributed by atoms with E-state index in [9.17, 15) is 4.39 Å². The lowest BCUT2D eigenvalue weighted by atomic mass is 9.99. The zero-order valence-electron chi connectivity index (χ0n) is 9.33. The standard InChI is InChI=1S/C13H11Br2FN2/c14-8-5-6-9(11(15)7-8)13(18-17)10-3-1-2-4-12(10)16/h1-7,13,18H,17H2. The van der Waals surface area contributed by atoms with Crippen molar-refractivity contribution in [2.75, 3.05) is 0 Å². The average Bonchev–Trinajstić information content (AvgIpc) is 2.34. The average molecular weight is 374 g/mol. The van der Waals surface area contributed by atoms with Crippen molar-refractivity contribution in [1.29, 1.82) is 0 Å². The molecule has 2 rings (SSSR count). The van der Waals surface area contributed by atoms with E-state index in [0.717, 1.165) is 14.5 Å². The van der Waals surface area contributed by atoms with Gasteiger partial charge in [0.15, 0.2) is 0 Å². The SMILES string of the molecule is NNC(c1ccccc1F)c1ccc(Br)cc1Br. The summed E-state index contributed by atoms with van der Waals surface area (Å²) in [5.41, 5.74) is 4.05. The Morgan fingerprint density at radius 3 is 2.39 bits per heavy atom. The Hall–Kier alpha value is -0.750. The van der Waals surface area contributed by atoms with E-state index in [0.29, 0.717) is 5.56 Å². The highest BCUT2D eigenvalue weighted by molar-refractivity contribution is 9.11. The van der Waals surface area contributed by atoms with Gasteiger partial charge in [-0.25, -0.2) is 9.82 Å². The summed E-state index contributed by atoms with van der Waals surface area (Å²) >= 11 is 6.84. The van der Waals surface area contributed by atoms with Crippen molar-refractivity contribution in [2.24, 2.45) is 5.84 Å². The van der Waals surface area contributed by atoms with Crippen LogP contribution in [0, 0.1) is 5.82 Å². The van der Waals surface area contributed by atoms with Crippen molar-refractivity contribution < 1.29 is 4.39 Å². The van der Waals surface area contributed by atoms with Gasteiger partial charge < -0.3 is 0 Å². The van der Waals surface area contributed by atoms with Crippen LogP contribution in [0.25, 0.3) is 0 Å². The van der Waals surface area contributed by atoms with Crippen molar-refractivity contribution in [1.82, 2.24) is 5.43 Å². The fourth-order valence-corrected chi connectivity index (χ4v) is 3.07. The van der Waals surface area contributed by atoms with E-state index < -0.39 is 6.04 Å².